The molecule has 2 rings (SSSR count). The lowest BCUT2D eigenvalue weighted by molar-refractivity contribution is -0.385. The second kappa shape index (κ2) is 7.18. The number of aliphatic hydroxyl groups is 1. The summed E-state index contributed by atoms with van der Waals surface area (Å²) in [5.74, 6) is 0. The lowest BCUT2D eigenvalue weighted by Crippen LogP contribution is -2.26. The third-order valence-electron chi connectivity index (χ3n) is 3.31. The van der Waals surface area contributed by atoms with E-state index in [2.05, 4.69) is 4.72 Å². The molecule has 0 saturated heterocycles. The number of benzene rings is 1. The maximum atomic E-state index is 12.3. The molecule has 0 aliphatic rings. The van der Waals surface area contributed by atoms with Gasteiger partial charge in [0.15, 0.2) is 0 Å². The van der Waals surface area contributed by atoms with E-state index < -0.39 is 21.1 Å². The smallest absolute Gasteiger partial charge is 0.270 e. The molecule has 9 heteroatoms. The number of non-ortho nitro benzene ring substituents is 1. The predicted molar refractivity (Wildman–Crippen MR) is 86.9 cm³/mol. The van der Waals surface area contributed by atoms with Gasteiger partial charge in [-0.15, -0.1) is 0 Å². The molecule has 2 N–H and O–H groups in total. The van der Waals surface area contributed by atoms with Gasteiger partial charge in [-0.05, 0) is 41.3 Å². The van der Waals surface area contributed by atoms with Crippen LogP contribution in [-0.4, -0.2) is 25.0 Å². The van der Waals surface area contributed by atoms with Gasteiger partial charge in [-0.2, -0.15) is 11.3 Å². The minimum atomic E-state index is -3.87. The van der Waals surface area contributed by atoms with Crippen LogP contribution in [0.25, 0.3) is 0 Å². The minimum absolute atomic E-state index is 0.0292. The number of aryl methyl sites for hydroxylation is 1. The summed E-state index contributed by atoms with van der Waals surface area (Å²) in [6, 6.07) is 5.46. The molecule has 0 amide bonds. The topological polar surface area (TPSA) is 110 Å². The second-order valence-electron chi connectivity index (χ2n) is 4.97. The predicted octanol–water partition coefficient (Wildman–Crippen LogP) is 2.37. The molecular weight excluding hydrogens is 340 g/mol. The number of nitrogens with zero attached hydrogens (tertiary/aromatic N) is 1. The van der Waals surface area contributed by atoms with Gasteiger partial charge < -0.3 is 5.11 Å². The van der Waals surface area contributed by atoms with Gasteiger partial charge in [0.1, 0.15) is 0 Å². The molecule has 7 nitrogen and oxygen atoms in total. The molecule has 0 radical (unpaired) electrons. The fourth-order valence-electron chi connectivity index (χ4n) is 2.03. The summed E-state index contributed by atoms with van der Waals surface area (Å²) >= 11 is 1.45. The number of rotatable bonds is 7. The van der Waals surface area contributed by atoms with Crippen molar-refractivity contribution in [1.82, 2.24) is 4.72 Å². The van der Waals surface area contributed by atoms with E-state index in [0.717, 1.165) is 11.6 Å². The number of nitro benzene ring substituents is 1. The van der Waals surface area contributed by atoms with Gasteiger partial charge in [-0.3, -0.25) is 10.1 Å². The molecule has 1 unspecified atom stereocenters. The van der Waals surface area contributed by atoms with Crippen molar-refractivity contribution in [1.29, 1.82) is 0 Å². The highest BCUT2D eigenvalue weighted by Crippen LogP contribution is 2.22. The second-order valence-corrected chi connectivity index (χ2v) is 7.48. The summed E-state index contributed by atoms with van der Waals surface area (Å²) in [4.78, 5) is 10.0. The molecule has 0 spiro atoms. The Morgan fingerprint density at radius 2 is 2.13 bits per heavy atom. The normalized spacial score (nSPS) is 13.0. The lowest BCUT2D eigenvalue weighted by Gasteiger charge is -2.11. The van der Waals surface area contributed by atoms with E-state index in [0.29, 0.717) is 5.56 Å². The first kappa shape index (κ1) is 17.5. The Bertz CT molecular complexity index is 788. The van der Waals surface area contributed by atoms with Gasteiger partial charge in [0.2, 0.25) is 10.0 Å². The molecule has 0 saturated carbocycles. The van der Waals surface area contributed by atoms with Crippen molar-refractivity contribution in [3.8, 4) is 0 Å². The molecule has 1 aromatic carbocycles. The average Bonchev–Trinajstić information content (AvgIpc) is 3.01. The zero-order chi connectivity index (χ0) is 17.0. The molecule has 0 aliphatic heterocycles. The van der Waals surface area contributed by atoms with Crippen molar-refractivity contribution in [3.63, 3.8) is 0 Å². The van der Waals surface area contributed by atoms with E-state index in [4.69, 9.17) is 0 Å². The van der Waals surface area contributed by atoms with E-state index in [-0.39, 0.29) is 23.5 Å². The van der Waals surface area contributed by atoms with Crippen LogP contribution in [0.5, 0.6) is 0 Å². The van der Waals surface area contributed by atoms with Gasteiger partial charge >= 0.3 is 0 Å². The van der Waals surface area contributed by atoms with Crippen LogP contribution < -0.4 is 4.72 Å². The van der Waals surface area contributed by atoms with Crippen LogP contribution in [0, 0.1) is 17.0 Å². The Labute approximate surface area is 137 Å². The molecule has 0 fully saturated rings. The molecule has 1 heterocycles. The van der Waals surface area contributed by atoms with Crippen LogP contribution >= 0.6 is 11.3 Å². The first-order chi connectivity index (χ1) is 10.8. The van der Waals surface area contributed by atoms with Gasteiger partial charge in [-0.1, -0.05) is 6.07 Å². The maximum Gasteiger partial charge on any atom is 0.270 e. The quantitative estimate of drug-likeness (QED) is 0.584. The number of hydrogen-bond acceptors (Lipinski definition) is 6. The summed E-state index contributed by atoms with van der Waals surface area (Å²) in [5, 5.41) is 24.3. The highest BCUT2D eigenvalue weighted by Gasteiger charge is 2.20. The van der Waals surface area contributed by atoms with Gasteiger partial charge in [-0.25, -0.2) is 13.1 Å². The lowest BCUT2D eigenvalue weighted by atomic mass is 10.1. The van der Waals surface area contributed by atoms with Gasteiger partial charge in [0, 0.05) is 18.7 Å². The van der Waals surface area contributed by atoms with Crippen molar-refractivity contribution in [3.05, 3.63) is 56.3 Å². The van der Waals surface area contributed by atoms with Crippen molar-refractivity contribution >= 4 is 27.0 Å². The first-order valence-electron chi connectivity index (χ1n) is 6.76. The fraction of sp³-hybridized carbons (Fsp3) is 0.286. The number of hydrogen-bond donors (Lipinski definition) is 2. The largest absolute Gasteiger partial charge is 0.388 e. The van der Waals surface area contributed by atoms with Crippen molar-refractivity contribution < 1.29 is 18.4 Å². The van der Waals surface area contributed by atoms with E-state index in [1.165, 1.54) is 23.5 Å². The Morgan fingerprint density at radius 1 is 1.39 bits per heavy atom. The Kier molecular flexibility index (Phi) is 5.47. The standard InChI is InChI=1S/C14H16N2O5S2/c1-10-2-3-12(16(18)19)8-14(10)23(20,21)15-6-4-13(17)11-5-7-22-9-11/h2-3,5,7-9,13,15,17H,4,6H2,1H3. The summed E-state index contributed by atoms with van der Waals surface area (Å²) in [6.45, 7) is 1.60. The number of thiophene rings is 1. The summed E-state index contributed by atoms with van der Waals surface area (Å²) < 4.78 is 26.9. The Morgan fingerprint density at radius 3 is 2.74 bits per heavy atom. The molecular formula is C14H16N2O5S2. The summed E-state index contributed by atoms with van der Waals surface area (Å²) in [7, 11) is -3.87. The zero-order valence-electron chi connectivity index (χ0n) is 12.3. The van der Waals surface area contributed by atoms with E-state index >= 15 is 0 Å². The van der Waals surface area contributed by atoms with Crippen LogP contribution in [0.15, 0.2) is 39.9 Å². The van der Waals surface area contributed by atoms with Crippen LogP contribution in [-0.2, 0) is 10.0 Å². The van der Waals surface area contributed by atoms with Crippen molar-refractivity contribution in [2.24, 2.45) is 0 Å². The molecule has 23 heavy (non-hydrogen) atoms. The molecule has 0 aliphatic carbocycles. The molecule has 0 bridgehead atoms. The molecule has 2 aromatic rings. The van der Waals surface area contributed by atoms with E-state index in [1.807, 2.05) is 5.38 Å². The molecule has 1 atom stereocenters. The minimum Gasteiger partial charge on any atom is -0.388 e. The third-order valence-corrected chi connectivity index (χ3v) is 5.61. The number of nitrogens with one attached hydrogen (secondary N) is 1. The number of sulfonamides is 1. The monoisotopic (exact) mass is 356 g/mol. The Hall–Kier alpha value is -1.81. The summed E-state index contributed by atoms with van der Waals surface area (Å²) in [5.41, 5.74) is 0.872. The molecule has 1 aromatic heterocycles. The maximum absolute atomic E-state index is 12.3. The third kappa shape index (κ3) is 4.35. The summed E-state index contributed by atoms with van der Waals surface area (Å²) in [6.07, 6.45) is -0.542. The highest BCUT2D eigenvalue weighted by atomic mass is 32.2. The highest BCUT2D eigenvalue weighted by molar-refractivity contribution is 7.89. The Balaban J connectivity index is 2.07. The molecule has 124 valence electrons. The fourth-order valence-corrected chi connectivity index (χ4v) is 4.05. The zero-order valence-corrected chi connectivity index (χ0v) is 13.9. The van der Waals surface area contributed by atoms with Crippen LogP contribution in [0.4, 0.5) is 5.69 Å². The van der Waals surface area contributed by atoms with Crippen LogP contribution in [0.3, 0.4) is 0 Å². The van der Waals surface area contributed by atoms with Crippen LogP contribution in [0.2, 0.25) is 0 Å². The van der Waals surface area contributed by atoms with Crippen molar-refractivity contribution in [2.45, 2.75) is 24.3 Å². The van der Waals surface area contributed by atoms with Crippen LogP contribution in [0.1, 0.15) is 23.7 Å². The number of aliphatic hydroxyl groups excluding tert-OH is 1. The van der Waals surface area contributed by atoms with Crippen molar-refractivity contribution in [2.75, 3.05) is 6.54 Å². The van der Waals surface area contributed by atoms with E-state index in [1.54, 1.807) is 18.4 Å². The SMILES string of the molecule is Cc1ccc([N+](=O)[O-])cc1S(=O)(=O)NCCC(O)c1ccsc1. The average molecular weight is 356 g/mol. The number of nitro groups is 1. The van der Waals surface area contributed by atoms with Gasteiger partial charge in [0.25, 0.3) is 5.69 Å². The van der Waals surface area contributed by atoms with E-state index in [9.17, 15) is 23.6 Å². The first-order valence-corrected chi connectivity index (χ1v) is 9.19. The van der Waals surface area contributed by atoms with Gasteiger partial charge in [0.05, 0.1) is 15.9 Å².